The maximum atomic E-state index is 12.6. The van der Waals surface area contributed by atoms with Gasteiger partial charge in [0.1, 0.15) is 6.54 Å². The molecule has 0 bridgehead atoms. The highest BCUT2D eigenvalue weighted by Crippen LogP contribution is 2.19. The second-order valence-corrected chi connectivity index (χ2v) is 8.11. The first-order chi connectivity index (χ1) is 14.6. The van der Waals surface area contributed by atoms with Crippen LogP contribution in [0.25, 0.3) is 0 Å². The molecular weight excluding hydrogens is 378 g/mol. The lowest BCUT2D eigenvalue weighted by atomic mass is 9.98. The maximum absolute atomic E-state index is 12.6. The number of quaternary nitrogens is 1. The molecule has 0 radical (unpaired) electrons. The lowest BCUT2D eigenvalue weighted by molar-refractivity contribution is -0.901. The van der Waals surface area contributed by atoms with Crippen LogP contribution in [0.5, 0.6) is 0 Å². The maximum Gasteiger partial charge on any atom is 0.260 e. The van der Waals surface area contributed by atoms with E-state index in [1.165, 1.54) is 36.4 Å². The quantitative estimate of drug-likeness (QED) is 0.677. The predicted octanol–water partition coefficient (Wildman–Crippen LogP) is 1.10. The normalized spacial score (nSPS) is 16.6. The molecule has 0 atom stereocenters. The molecule has 2 aromatic rings. The van der Waals surface area contributed by atoms with Crippen LogP contribution in [0.3, 0.4) is 0 Å². The Labute approximate surface area is 176 Å². The first-order valence-corrected chi connectivity index (χ1v) is 10.7. The fourth-order valence-electron chi connectivity index (χ4n) is 4.35. The Morgan fingerprint density at radius 3 is 2.47 bits per heavy atom. The van der Waals surface area contributed by atoms with Crippen LogP contribution < -0.4 is 10.2 Å². The molecule has 6 nitrogen and oxygen atoms in total. The Morgan fingerprint density at radius 2 is 1.67 bits per heavy atom. The molecule has 6 heteroatoms. The molecule has 30 heavy (non-hydrogen) atoms. The molecule has 3 amide bonds. The summed E-state index contributed by atoms with van der Waals surface area (Å²) in [6.45, 7) is 3.98. The van der Waals surface area contributed by atoms with Gasteiger partial charge in [0.05, 0.1) is 19.5 Å². The minimum absolute atomic E-state index is 0.109. The van der Waals surface area contributed by atoms with Crippen LogP contribution in [-0.2, 0) is 29.1 Å². The van der Waals surface area contributed by atoms with E-state index in [1.54, 1.807) is 23.1 Å². The van der Waals surface area contributed by atoms with E-state index in [2.05, 4.69) is 17.4 Å². The molecular formula is C24H28N3O3+. The van der Waals surface area contributed by atoms with Gasteiger partial charge < -0.3 is 10.2 Å². The van der Waals surface area contributed by atoms with Crippen LogP contribution in [0.15, 0.2) is 48.5 Å². The Kier molecular flexibility index (Phi) is 6.23. The Morgan fingerprint density at radius 1 is 0.967 bits per heavy atom. The molecule has 0 spiro atoms. The third-order valence-corrected chi connectivity index (χ3v) is 6.04. The number of hydrogen-bond acceptors (Lipinski definition) is 3. The topological polar surface area (TPSA) is 70.9 Å². The van der Waals surface area contributed by atoms with Crippen molar-refractivity contribution in [3.63, 3.8) is 0 Å². The minimum atomic E-state index is -0.311. The van der Waals surface area contributed by atoms with Gasteiger partial charge in [-0.1, -0.05) is 42.5 Å². The van der Waals surface area contributed by atoms with Crippen molar-refractivity contribution >= 4 is 17.7 Å². The summed E-state index contributed by atoms with van der Waals surface area (Å²) in [4.78, 5) is 40.1. The molecule has 2 N–H and O–H groups in total. The van der Waals surface area contributed by atoms with Crippen LogP contribution in [0.1, 0.15) is 46.3 Å². The monoisotopic (exact) mass is 406 g/mol. The summed E-state index contributed by atoms with van der Waals surface area (Å²) in [7, 11) is 0. The summed E-state index contributed by atoms with van der Waals surface area (Å²) in [5, 5.41) is 2.96. The van der Waals surface area contributed by atoms with Crippen LogP contribution in [0, 0.1) is 0 Å². The van der Waals surface area contributed by atoms with Crippen molar-refractivity contribution in [2.24, 2.45) is 0 Å². The van der Waals surface area contributed by atoms with Gasteiger partial charge in [0.2, 0.25) is 11.8 Å². The van der Waals surface area contributed by atoms with Crippen molar-refractivity contribution in [2.75, 3.05) is 19.6 Å². The van der Waals surface area contributed by atoms with Gasteiger partial charge >= 0.3 is 0 Å². The number of hydrogen-bond donors (Lipinski definition) is 2. The lowest BCUT2D eigenvalue weighted by Gasteiger charge is -2.26. The van der Waals surface area contributed by atoms with E-state index in [-0.39, 0.29) is 37.1 Å². The second kappa shape index (κ2) is 9.22. The van der Waals surface area contributed by atoms with Crippen molar-refractivity contribution in [1.29, 1.82) is 0 Å². The average molecular weight is 407 g/mol. The number of fused-ring (bicyclic) bond motifs is 1. The number of nitrogens with one attached hydrogen (secondary N) is 2. The predicted molar refractivity (Wildman–Crippen MR) is 113 cm³/mol. The number of imide groups is 1. The van der Waals surface area contributed by atoms with E-state index in [0.29, 0.717) is 12.1 Å². The Bertz CT molecular complexity index is 950. The molecule has 156 valence electrons. The molecule has 2 aliphatic rings. The molecule has 2 aliphatic heterocycles. The van der Waals surface area contributed by atoms with Gasteiger partial charge in [0.25, 0.3) is 5.91 Å². The first kappa shape index (κ1) is 20.3. The summed E-state index contributed by atoms with van der Waals surface area (Å²) in [5.41, 5.74) is 3.71. The van der Waals surface area contributed by atoms with E-state index in [9.17, 15) is 14.4 Å². The number of rotatable bonds is 7. The molecule has 1 saturated heterocycles. The van der Waals surface area contributed by atoms with Gasteiger partial charge in [-0.2, -0.15) is 0 Å². The summed E-state index contributed by atoms with van der Waals surface area (Å²) < 4.78 is 0. The fourth-order valence-corrected chi connectivity index (χ4v) is 4.35. The number of amides is 3. The highest BCUT2D eigenvalue weighted by atomic mass is 16.2. The molecule has 1 fully saturated rings. The van der Waals surface area contributed by atoms with E-state index < -0.39 is 0 Å². The molecule has 2 aromatic carbocycles. The van der Waals surface area contributed by atoms with Crippen molar-refractivity contribution in [3.8, 4) is 0 Å². The molecule has 4 rings (SSSR count). The van der Waals surface area contributed by atoms with Crippen molar-refractivity contribution in [1.82, 2.24) is 10.2 Å². The summed E-state index contributed by atoms with van der Waals surface area (Å²) in [5.74, 6) is -0.711. The van der Waals surface area contributed by atoms with Crippen LogP contribution in [-0.4, -0.2) is 42.3 Å². The van der Waals surface area contributed by atoms with E-state index in [0.717, 1.165) is 17.7 Å². The first-order valence-electron chi connectivity index (χ1n) is 10.7. The Balaban J connectivity index is 1.31. The zero-order valence-corrected chi connectivity index (χ0v) is 17.2. The molecule has 0 saturated carbocycles. The van der Waals surface area contributed by atoms with Crippen molar-refractivity contribution < 1.29 is 19.3 Å². The number of nitrogens with zero attached hydrogens (tertiary/aromatic N) is 1. The van der Waals surface area contributed by atoms with Gasteiger partial charge in [-0.3, -0.25) is 19.3 Å². The van der Waals surface area contributed by atoms with Crippen LogP contribution >= 0.6 is 0 Å². The van der Waals surface area contributed by atoms with E-state index in [4.69, 9.17) is 0 Å². The van der Waals surface area contributed by atoms with Crippen molar-refractivity contribution in [2.45, 2.75) is 38.8 Å². The summed E-state index contributed by atoms with van der Waals surface area (Å²) in [6.07, 6.45) is 2.88. The summed E-state index contributed by atoms with van der Waals surface area (Å²) in [6, 6.07) is 15.4. The minimum Gasteiger partial charge on any atom is -0.352 e. The zero-order chi connectivity index (χ0) is 20.9. The Hall–Kier alpha value is -2.99. The number of likely N-dealkylation sites (tertiary alicyclic amines) is 1. The summed E-state index contributed by atoms with van der Waals surface area (Å²) >= 11 is 0. The standard InChI is InChI=1S/C24H27N3O3/c28-22(11-14-27-23(29)15-18-7-3-4-10-21(18)24(27)30)25-16-19-8-1-2-9-20(19)17-26-12-5-6-13-26/h1-4,7-10H,5-6,11-17H2,(H,25,28)/p+1. The second-order valence-electron chi connectivity index (χ2n) is 8.11. The van der Waals surface area contributed by atoms with Crippen LogP contribution in [0.2, 0.25) is 0 Å². The smallest absolute Gasteiger partial charge is 0.260 e. The number of carbonyl (C=O) groups excluding carboxylic acids is 3. The van der Waals surface area contributed by atoms with Gasteiger partial charge in [-0.15, -0.1) is 0 Å². The van der Waals surface area contributed by atoms with Gasteiger partial charge in [-0.25, -0.2) is 0 Å². The molecule has 0 unspecified atom stereocenters. The van der Waals surface area contributed by atoms with Crippen molar-refractivity contribution in [3.05, 3.63) is 70.8 Å². The van der Waals surface area contributed by atoms with Gasteiger partial charge in [0, 0.05) is 43.5 Å². The SMILES string of the molecule is O=C(CCN1C(=O)Cc2ccccc2C1=O)NCc1ccccc1C[NH+]1CCCC1. The van der Waals surface area contributed by atoms with Crippen LogP contribution in [0.4, 0.5) is 0 Å². The van der Waals surface area contributed by atoms with Gasteiger partial charge in [0.15, 0.2) is 0 Å². The van der Waals surface area contributed by atoms with E-state index >= 15 is 0 Å². The zero-order valence-electron chi connectivity index (χ0n) is 17.2. The van der Waals surface area contributed by atoms with E-state index in [1.807, 2.05) is 18.2 Å². The average Bonchev–Trinajstić information content (AvgIpc) is 3.26. The number of benzene rings is 2. The highest BCUT2D eigenvalue weighted by molar-refractivity contribution is 6.09. The lowest BCUT2D eigenvalue weighted by Crippen LogP contribution is -3.08. The number of carbonyl (C=O) groups is 3. The molecule has 0 aliphatic carbocycles. The third-order valence-electron chi connectivity index (χ3n) is 6.04. The fraction of sp³-hybridized carbons (Fsp3) is 0.375. The highest BCUT2D eigenvalue weighted by Gasteiger charge is 2.30. The molecule has 0 aromatic heterocycles. The molecule has 2 heterocycles. The third kappa shape index (κ3) is 4.60. The largest absolute Gasteiger partial charge is 0.352 e. The van der Waals surface area contributed by atoms with Gasteiger partial charge in [-0.05, 0) is 17.2 Å².